The Bertz CT molecular complexity index is 1690. The van der Waals surface area contributed by atoms with E-state index in [4.69, 9.17) is 23.2 Å². The molecule has 4 aromatic carbocycles. The molecule has 1 saturated heterocycles. The molecule has 2 atom stereocenters. The quantitative estimate of drug-likeness (QED) is 0.188. The van der Waals surface area contributed by atoms with E-state index in [9.17, 15) is 14.3 Å². The van der Waals surface area contributed by atoms with Crippen molar-refractivity contribution in [2.45, 2.75) is 36.0 Å². The summed E-state index contributed by atoms with van der Waals surface area (Å²) in [5, 5.41) is 12.1. The van der Waals surface area contributed by atoms with Gasteiger partial charge in [-0.15, -0.1) is 0 Å². The van der Waals surface area contributed by atoms with Crippen LogP contribution in [0.3, 0.4) is 0 Å². The molecule has 1 amide bonds. The SMILES string of the molecule is CN(C[C@@H](CCN1CCC(c2ccccc2[S@](C)=O)CC1)c1ccc(Cl)c(Cl)c1)C(=O)c1ccc(C#N)c2ccccc12. The van der Waals surface area contributed by atoms with Crippen molar-refractivity contribution in [2.24, 2.45) is 0 Å². The van der Waals surface area contributed by atoms with E-state index in [2.05, 4.69) is 17.0 Å². The van der Waals surface area contributed by atoms with Gasteiger partial charge in [0.05, 0.1) is 32.5 Å². The summed E-state index contributed by atoms with van der Waals surface area (Å²) in [4.78, 5) is 19.0. The van der Waals surface area contributed by atoms with Crippen molar-refractivity contribution in [1.29, 1.82) is 5.26 Å². The molecule has 1 aliphatic heterocycles. The van der Waals surface area contributed by atoms with Crippen molar-refractivity contribution in [3.05, 3.63) is 111 Å². The number of nitriles is 1. The highest BCUT2D eigenvalue weighted by molar-refractivity contribution is 7.84. The number of fused-ring (bicyclic) bond motifs is 1. The normalized spacial score (nSPS) is 15.6. The van der Waals surface area contributed by atoms with Gasteiger partial charge in [-0.05, 0) is 91.7 Å². The minimum Gasteiger partial charge on any atom is -0.341 e. The molecule has 43 heavy (non-hydrogen) atoms. The smallest absolute Gasteiger partial charge is 0.254 e. The first-order chi connectivity index (χ1) is 20.8. The molecular formula is C35H35Cl2N3O2S. The first-order valence-electron chi connectivity index (χ1n) is 14.5. The molecule has 0 aromatic heterocycles. The topological polar surface area (TPSA) is 64.4 Å². The molecule has 0 unspecified atom stereocenters. The number of carbonyl (C=O) groups excluding carboxylic acids is 1. The Labute approximate surface area is 266 Å². The maximum Gasteiger partial charge on any atom is 0.254 e. The van der Waals surface area contributed by atoms with E-state index in [0.29, 0.717) is 33.6 Å². The molecule has 5 rings (SSSR count). The second-order valence-electron chi connectivity index (χ2n) is 11.3. The number of carbonyl (C=O) groups is 1. The Morgan fingerprint density at radius 2 is 1.70 bits per heavy atom. The van der Waals surface area contributed by atoms with Gasteiger partial charge in [-0.1, -0.05) is 71.7 Å². The Hall–Kier alpha value is -3.21. The van der Waals surface area contributed by atoms with E-state index in [0.717, 1.165) is 60.1 Å². The van der Waals surface area contributed by atoms with Gasteiger partial charge in [0, 0.05) is 41.6 Å². The molecule has 5 nitrogen and oxygen atoms in total. The molecule has 1 aliphatic rings. The minimum atomic E-state index is -0.999. The zero-order valence-corrected chi connectivity index (χ0v) is 26.8. The van der Waals surface area contributed by atoms with E-state index in [-0.39, 0.29) is 11.8 Å². The van der Waals surface area contributed by atoms with Crippen molar-refractivity contribution in [3.8, 4) is 6.07 Å². The van der Waals surface area contributed by atoms with Crippen LogP contribution < -0.4 is 0 Å². The second kappa shape index (κ2) is 14.1. The standard InChI is InChI=1S/C35H35Cl2N3O2S/c1-39(35(41)31-13-11-26(22-38)28-7-3-4-9-30(28)31)23-27(25-12-14-32(36)33(37)21-25)17-20-40-18-15-24(16-19-40)29-8-5-6-10-34(29)43(2)42/h3-14,21,24,27H,15-20,23H2,1-2H3/t27-,43+/m1/s1. The zero-order chi connectivity index (χ0) is 30.5. The van der Waals surface area contributed by atoms with Crippen LogP contribution in [0, 0.1) is 11.3 Å². The summed E-state index contributed by atoms with van der Waals surface area (Å²) in [6.45, 7) is 3.34. The lowest BCUT2D eigenvalue weighted by Gasteiger charge is -2.34. The predicted octanol–water partition coefficient (Wildman–Crippen LogP) is 7.88. The third-order valence-corrected chi connectivity index (χ3v) is 10.3. The monoisotopic (exact) mass is 631 g/mol. The van der Waals surface area contributed by atoms with Crippen LogP contribution in [0.5, 0.6) is 0 Å². The van der Waals surface area contributed by atoms with Crippen molar-refractivity contribution in [1.82, 2.24) is 9.80 Å². The Balaban J connectivity index is 1.30. The maximum absolute atomic E-state index is 13.8. The molecule has 1 fully saturated rings. The predicted molar refractivity (Wildman–Crippen MR) is 177 cm³/mol. The fraction of sp³-hybridized carbons (Fsp3) is 0.314. The van der Waals surface area contributed by atoms with E-state index < -0.39 is 10.8 Å². The van der Waals surface area contributed by atoms with Crippen LogP contribution in [-0.4, -0.2) is 59.4 Å². The number of likely N-dealkylation sites (tertiary alicyclic amines) is 1. The van der Waals surface area contributed by atoms with Gasteiger partial charge in [0.2, 0.25) is 0 Å². The van der Waals surface area contributed by atoms with Crippen LogP contribution in [0.25, 0.3) is 10.8 Å². The highest BCUT2D eigenvalue weighted by Crippen LogP contribution is 2.33. The molecule has 0 aliphatic carbocycles. The van der Waals surface area contributed by atoms with Gasteiger partial charge in [-0.3, -0.25) is 9.00 Å². The van der Waals surface area contributed by atoms with Gasteiger partial charge in [-0.25, -0.2) is 0 Å². The highest BCUT2D eigenvalue weighted by atomic mass is 35.5. The second-order valence-corrected chi connectivity index (χ2v) is 13.4. The molecule has 1 heterocycles. The fourth-order valence-electron chi connectivity index (χ4n) is 6.22. The van der Waals surface area contributed by atoms with Gasteiger partial charge < -0.3 is 9.80 Å². The van der Waals surface area contributed by atoms with Crippen LogP contribution in [0.2, 0.25) is 10.0 Å². The van der Waals surface area contributed by atoms with E-state index in [1.165, 1.54) is 5.56 Å². The van der Waals surface area contributed by atoms with Gasteiger partial charge in [0.1, 0.15) is 0 Å². The summed E-state index contributed by atoms with van der Waals surface area (Å²) in [5.41, 5.74) is 3.40. The fourth-order valence-corrected chi connectivity index (χ4v) is 7.36. The number of hydrogen-bond acceptors (Lipinski definition) is 4. The molecule has 0 N–H and O–H groups in total. The molecule has 8 heteroatoms. The average molecular weight is 633 g/mol. The number of piperidine rings is 1. The molecule has 0 radical (unpaired) electrons. The Kier molecular flexibility index (Phi) is 10.2. The first-order valence-corrected chi connectivity index (χ1v) is 16.8. The zero-order valence-electron chi connectivity index (χ0n) is 24.4. The Morgan fingerprint density at radius 3 is 2.40 bits per heavy atom. The van der Waals surface area contributed by atoms with Crippen LogP contribution in [0.15, 0.2) is 83.8 Å². The minimum absolute atomic E-state index is 0.0503. The number of benzene rings is 4. The molecule has 0 saturated carbocycles. The van der Waals surface area contributed by atoms with Gasteiger partial charge in [0.15, 0.2) is 0 Å². The maximum atomic E-state index is 13.8. The lowest BCUT2D eigenvalue weighted by molar-refractivity contribution is 0.0783. The van der Waals surface area contributed by atoms with Crippen molar-refractivity contribution >= 4 is 50.7 Å². The molecule has 0 spiro atoms. The first kappa shape index (κ1) is 31.2. The van der Waals surface area contributed by atoms with E-state index in [1.54, 1.807) is 23.3 Å². The van der Waals surface area contributed by atoms with Crippen LogP contribution in [0.4, 0.5) is 0 Å². The number of nitrogens with zero attached hydrogens (tertiary/aromatic N) is 3. The summed E-state index contributed by atoms with van der Waals surface area (Å²) in [6.07, 6.45) is 4.65. The molecular weight excluding hydrogens is 597 g/mol. The number of amides is 1. The number of likely N-dealkylation sites (N-methyl/N-ethyl adjacent to an activating group) is 1. The molecule has 4 aromatic rings. The number of rotatable bonds is 9. The summed E-state index contributed by atoms with van der Waals surface area (Å²) in [7, 11) is 0.835. The van der Waals surface area contributed by atoms with Gasteiger partial charge in [0.25, 0.3) is 5.91 Å². The number of hydrogen-bond donors (Lipinski definition) is 0. The summed E-state index contributed by atoms with van der Waals surface area (Å²) in [6, 6.07) is 27.1. The summed E-state index contributed by atoms with van der Waals surface area (Å²) >= 11 is 12.7. The largest absolute Gasteiger partial charge is 0.341 e. The lowest BCUT2D eigenvalue weighted by atomic mass is 9.88. The van der Waals surface area contributed by atoms with Crippen molar-refractivity contribution in [3.63, 3.8) is 0 Å². The van der Waals surface area contributed by atoms with E-state index in [1.807, 2.05) is 67.7 Å². The third kappa shape index (κ3) is 7.13. The summed E-state index contributed by atoms with van der Waals surface area (Å²) < 4.78 is 12.3. The Morgan fingerprint density at radius 1 is 1.00 bits per heavy atom. The van der Waals surface area contributed by atoms with Crippen LogP contribution in [-0.2, 0) is 10.8 Å². The van der Waals surface area contributed by atoms with Gasteiger partial charge in [-0.2, -0.15) is 5.26 Å². The number of halogens is 2. The molecule has 0 bridgehead atoms. The average Bonchev–Trinajstić information content (AvgIpc) is 3.03. The lowest BCUT2D eigenvalue weighted by Crippen LogP contribution is -2.36. The van der Waals surface area contributed by atoms with Gasteiger partial charge >= 0.3 is 0 Å². The third-order valence-electron chi connectivity index (χ3n) is 8.58. The van der Waals surface area contributed by atoms with E-state index >= 15 is 0 Å². The van der Waals surface area contributed by atoms with Crippen LogP contribution >= 0.6 is 23.2 Å². The van der Waals surface area contributed by atoms with Crippen molar-refractivity contribution in [2.75, 3.05) is 39.5 Å². The molecule has 222 valence electrons. The van der Waals surface area contributed by atoms with Crippen LogP contribution in [0.1, 0.15) is 58.1 Å². The highest BCUT2D eigenvalue weighted by Gasteiger charge is 2.26. The summed E-state index contributed by atoms with van der Waals surface area (Å²) in [5.74, 6) is 0.376. The van der Waals surface area contributed by atoms with Crippen molar-refractivity contribution < 1.29 is 9.00 Å².